The number of amides is 2. The van der Waals surface area contributed by atoms with Gasteiger partial charge in [0.25, 0.3) is 0 Å². The number of fused-ring (bicyclic) bond motifs is 2. The molecule has 2 fully saturated rings. The first kappa shape index (κ1) is 22.0. The second-order valence-electron chi connectivity index (χ2n) is 9.34. The van der Waals surface area contributed by atoms with Gasteiger partial charge in [0.2, 0.25) is 11.8 Å². The first-order chi connectivity index (χ1) is 14.7. The average Bonchev–Trinajstić information content (AvgIpc) is 2.99. The van der Waals surface area contributed by atoms with Crippen LogP contribution in [0.3, 0.4) is 0 Å². The maximum atomic E-state index is 13.9. The van der Waals surface area contributed by atoms with Crippen LogP contribution in [0, 0.1) is 11.8 Å². The van der Waals surface area contributed by atoms with Crippen molar-refractivity contribution in [3.05, 3.63) is 24.3 Å². The van der Waals surface area contributed by atoms with Crippen molar-refractivity contribution >= 4 is 17.8 Å². The van der Waals surface area contributed by atoms with Crippen molar-refractivity contribution in [2.45, 2.75) is 69.9 Å². The Kier molecular flexibility index (Phi) is 5.50. The molecule has 0 aromatic carbocycles. The fourth-order valence-corrected chi connectivity index (χ4v) is 5.84. The summed E-state index contributed by atoms with van der Waals surface area (Å²) in [6.07, 6.45) is 8.95. The molecule has 170 valence electrons. The summed E-state index contributed by atoms with van der Waals surface area (Å²) in [6, 6.07) is -1.55. The lowest BCUT2D eigenvalue weighted by Gasteiger charge is -2.40. The zero-order valence-corrected chi connectivity index (χ0v) is 18.6. The number of ether oxygens (including phenoxy) is 2. The van der Waals surface area contributed by atoms with E-state index < -0.39 is 41.1 Å². The monoisotopic (exact) mass is 432 g/mol. The predicted octanol–water partition coefficient (Wildman–Crippen LogP) is 1.04. The minimum atomic E-state index is -1.29. The Morgan fingerprint density at radius 2 is 1.87 bits per heavy atom. The molecule has 31 heavy (non-hydrogen) atoms. The minimum absolute atomic E-state index is 0.00920. The van der Waals surface area contributed by atoms with Crippen LogP contribution in [0.15, 0.2) is 24.3 Å². The number of hydrogen-bond donors (Lipinski definition) is 1. The van der Waals surface area contributed by atoms with Gasteiger partial charge >= 0.3 is 5.97 Å². The smallest absolute Gasteiger partial charge is 0.313 e. The molecule has 0 bridgehead atoms. The number of hydrogen-bond acceptors (Lipinski definition) is 6. The molecule has 8 nitrogen and oxygen atoms in total. The van der Waals surface area contributed by atoms with Crippen molar-refractivity contribution in [3.8, 4) is 0 Å². The predicted molar refractivity (Wildman–Crippen MR) is 112 cm³/mol. The number of carbonyl (C=O) groups is 3. The van der Waals surface area contributed by atoms with Crippen LogP contribution in [-0.2, 0) is 23.9 Å². The molecule has 1 N–H and O–H groups in total. The van der Waals surface area contributed by atoms with Crippen molar-refractivity contribution in [2.75, 3.05) is 19.8 Å². The number of esters is 1. The van der Waals surface area contributed by atoms with Crippen LogP contribution in [0.25, 0.3) is 0 Å². The number of likely N-dealkylation sites (tertiary alicyclic amines) is 1. The van der Waals surface area contributed by atoms with E-state index in [-0.39, 0.29) is 31.1 Å². The summed E-state index contributed by atoms with van der Waals surface area (Å²) in [7, 11) is 0. The summed E-state index contributed by atoms with van der Waals surface area (Å²) in [6.45, 7) is 7.79. The summed E-state index contributed by atoms with van der Waals surface area (Å²) >= 11 is 0. The van der Waals surface area contributed by atoms with Gasteiger partial charge in [-0.3, -0.25) is 14.4 Å². The van der Waals surface area contributed by atoms with Gasteiger partial charge in [-0.15, -0.1) is 0 Å². The molecular weight excluding hydrogens is 400 g/mol. The molecule has 4 aliphatic rings. The van der Waals surface area contributed by atoms with Crippen molar-refractivity contribution in [2.24, 2.45) is 11.8 Å². The molecular formula is C23H32N2O6. The van der Waals surface area contributed by atoms with Crippen LogP contribution in [0.1, 0.15) is 40.5 Å². The molecule has 0 radical (unpaired) electrons. The summed E-state index contributed by atoms with van der Waals surface area (Å²) < 4.78 is 11.9. The Bertz CT molecular complexity index is 840. The summed E-state index contributed by atoms with van der Waals surface area (Å²) in [4.78, 5) is 43.8. The standard InChI is InChI=1S/C23H32N2O6/c1-5-8-14(2)24-11-6-10-23-16(17-21(29)30-12-7-9-22(17,4)31-23)19(27)25(15(3)13-26)18(23)20(24)28/h6-7,9-10,14-18,26H,5,8,11-13H2,1-4H3/t14?,15-,16+,17-,18?,22+,23+/m1/s1. The van der Waals surface area contributed by atoms with E-state index in [2.05, 4.69) is 6.92 Å². The molecule has 0 aromatic rings. The van der Waals surface area contributed by atoms with Gasteiger partial charge in [0.1, 0.15) is 24.2 Å². The summed E-state index contributed by atoms with van der Waals surface area (Å²) in [5.74, 6) is -2.82. The van der Waals surface area contributed by atoms with Crippen LogP contribution in [-0.4, -0.2) is 81.8 Å². The molecule has 4 heterocycles. The Hall–Kier alpha value is -2.19. The van der Waals surface area contributed by atoms with Crippen LogP contribution in [0.2, 0.25) is 0 Å². The number of cyclic esters (lactones) is 1. The zero-order valence-electron chi connectivity index (χ0n) is 18.6. The molecule has 7 atom stereocenters. The first-order valence-electron chi connectivity index (χ1n) is 11.2. The van der Waals surface area contributed by atoms with E-state index in [0.29, 0.717) is 6.54 Å². The van der Waals surface area contributed by atoms with Crippen LogP contribution < -0.4 is 0 Å². The van der Waals surface area contributed by atoms with E-state index in [4.69, 9.17) is 9.47 Å². The van der Waals surface area contributed by atoms with Gasteiger partial charge < -0.3 is 24.4 Å². The molecule has 0 aromatic heterocycles. The maximum Gasteiger partial charge on any atom is 0.313 e. The van der Waals surface area contributed by atoms with E-state index in [0.717, 1.165) is 12.8 Å². The van der Waals surface area contributed by atoms with Crippen LogP contribution in [0.5, 0.6) is 0 Å². The highest BCUT2D eigenvalue weighted by Gasteiger charge is 2.75. The third-order valence-electron chi connectivity index (χ3n) is 7.26. The zero-order chi connectivity index (χ0) is 22.6. The largest absolute Gasteiger partial charge is 0.461 e. The fraction of sp³-hybridized carbons (Fsp3) is 0.696. The maximum absolute atomic E-state index is 13.9. The fourth-order valence-electron chi connectivity index (χ4n) is 5.84. The molecule has 2 amide bonds. The number of aliphatic hydroxyl groups excluding tert-OH is 1. The second kappa shape index (κ2) is 7.74. The molecule has 0 aliphatic carbocycles. The highest BCUT2D eigenvalue weighted by atomic mass is 16.6. The van der Waals surface area contributed by atoms with E-state index >= 15 is 0 Å². The molecule has 4 rings (SSSR count). The highest BCUT2D eigenvalue weighted by molar-refractivity contribution is 5.99. The Balaban J connectivity index is 1.87. The van der Waals surface area contributed by atoms with Gasteiger partial charge in [-0.1, -0.05) is 31.6 Å². The number of rotatable bonds is 5. The van der Waals surface area contributed by atoms with Gasteiger partial charge in [0.15, 0.2) is 0 Å². The van der Waals surface area contributed by atoms with Gasteiger partial charge in [0.05, 0.1) is 24.2 Å². The van der Waals surface area contributed by atoms with E-state index in [1.165, 1.54) is 4.90 Å². The normalized spacial score (nSPS) is 38.9. The Morgan fingerprint density at radius 1 is 1.13 bits per heavy atom. The van der Waals surface area contributed by atoms with E-state index in [1.807, 2.05) is 19.1 Å². The molecule has 1 spiro atoms. The lowest BCUT2D eigenvalue weighted by Crippen LogP contribution is -2.59. The molecule has 2 unspecified atom stereocenters. The third-order valence-corrected chi connectivity index (χ3v) is 7.26. The molecule has 0 saturated carbocycles. The minimum Gasteiger partial charge on any atom is -0.461 e. The number of carbonyl (C=O) groups excluding carboxylic acids is 3. The number of aliphatic hydroxyl groups is 1. The first-order valence-corrected chi connectivity index (χ1v) is 11.2. The van der Waals surface area contributed by atoms with E-state index in [1.54, 1.807) is 30.9 Å². The summed E-state index contributed by atoms with van der Waals surface area (Å²) in [5.41, 5.74) is -2.35. The molecule has 4 aliphatic heterocycles. The number of nitrogens with zero attached hydrogens (tertiary/aromatic N) is 2. The highest BCUT2D eigenvalue weighted by Crippen LogP contribution is 2.57. The molecule has 8 heteroatoms. The Labute approximate surface area is 182 Å². The lowest BCUT2D eigenvalue weighted by molar-refractivity contribution is -0.160. The summed E-state index contributed by atoms with van der Waals surface area (Å²) in [5, 5.41) is 9.88. The van der Waals surface area contributed by atoms with Crippen LogP contribution in [0.4, 0.5) is 0 Å². The van der Waals surface area contributed by atoms with Crippen molar-refractivity contribution in [3.63, 3.8) is 0 Å². The van der Waals surface area contributed by atoms with Gasteiger partial charge in [0, 0.05) is 12.6 Å². The van der Waals surface area contributed by atoms with E-state index in [9.17, 15) is 19.5 Å². The third kappa shape index (κ3) is 3.06. The average molecular weight is 433 g/mol. The van der Waals surface area contributed by atoms with Crippen LogP contribution >= 0.6 is 0 Å². The topological polar surface area (TPSA) is 96.4 Å². The van der Waals surface area contributed by atoms with Gasteiger partial charge in [-0.25, -0.2) is 0 Å². The second-order valence-corrected chi connectivity index (χ2v) is 9.34. The Morgan fingerprint density at radius 3 is 2.55 bits per heavy atom. The quantitative estimate of drug-likeness (QED) is 0.515. The van der Waals surface area contributed by atoms with Crippen molar-refractivity contribution < 1.29 is 29.0 Å². The van der Waals surface area contributed by atoms with Crippen molar-refractivity contribution in [1.82, 2.24) is 9.80 Å². The SMILES string of the molecule is CCCC(C)N1CC=C[C@]23O[C@@]4(C)C=CCOC(=O)[C@H]4[C@H]2C(=O)N([C@H](C)CO)C3C1=O. The van der Waals surface area contributed by atoms with Crippen molar-refractivity contribution in [1.29, 1.82) is 0 Å². The van der Waals surface area contributed by atoms with Gasteiger partial charge in [-0.2, -0.15) is 0 Å². The lowest BCUT2D eigenvalue weighted by atomic mass is 9.74. The molecule has 2 saturated heterocycles. The van der Waals surface area contributed by atoms with Gasteiger partial charge in [-0.05, 0) is 33.3 Å².